The van der Waals surface area contributed by atoms with Crippen molar-refractivity contribution in [1.82, 2.24) is 0 Å². The average molecular weight is 541 g/mol. The van der Waals surface area contributed by atoms with Crippen molar-refractivity contribution in [3.8, 4) is 23.6 Å². The number of rotatable bonds is 7. The molecule has 154 valence electrons. The molecule has 0 saturated carbocycles. The van der Waals surface area contributed by atoms with Crippen LogP contribution in [0.2, 0.25) is 5.02 Å². The Kier molecular flexibility index (Phi) is 7.94. The highest BCUT2D eigenvalue weighted by molar-refractivity contribution is 14.1. The van der Waals surface area contributed by atoms with Crippen LogP contribution in [0.5, 0.6) is 11.5 Å². The van der Waals surface area contributed by atoms with E-state index < -0.39 is 0 Å². The van der Waals surface area contributed by atoms with Gasteiger partial charge in [0.15, 0.2) is 11.5 Å². The summed E-state index contributed by atoms with van der Waals surface area (Å²) in [5.41, 5.74) is 3.34. The number of allylic oxidation sites excluding steroid dienone is 1. The molecular formula is C25H18ClIN2O2. The second-order valence-corrected chi connectivity index (χ2v) is 8.07. The summed E-state index contributed by atoms with van der Waals surface area (Å²) in [4.78, 5) is 0. The first-order valence-corrected chi connectivity index (χ1v) is 11.0. The van der Waals surface area contributed by atoms with Gasteiger partial charge in [-0.2, -0.15) is 10.5 Å². The number of hydrogen-bond donors (Lipinski definition) is 0. The maximum atomic E-state index is 9.67. The smallest absolute Gasteiger partial charge is 0.175 e. The predicted octanol–water partition coefficient (Wildman–Crippen LogP) is 6.86. The molecule has 6 heteroatoms. The van der Waals surface area contributed by atoms with Crippen molar-refractivity contribution in [2.24, 2.45) is 0 Å². The van der Waals surface area contributed by atoms with Crippen LogP contribution in [0.1, 0.15) is 29.2 Å². The van der Waals surface area contributed by atoms with Crippen LogP contribution < -0.4 is 9.47 Å². The first-order chi connectivity index (χ1) is 15.0. The summed E-state index contributed by atoms with van der Waals surface area (Å²) in [7, 11) is 0. The lowest BCUT2D eigenvalue weighted by molar-refractivity contribution is 0.267. The van der Waals surface area contributed by atoms with Gasteiger partial charge < -0.3 is 9.47 Å². The lowest BCUT2D eigenvalue weighted by Crippen LogP contribution is -2.02. The lowest BCUT2D eigenvalue weighted by Gasteiger charge is -2.15. The van der Waals surface area contributed by atoms with Gasteiger partial charge in [0.2, 0.25) is 0 Å². The number of nitriles is 2. The maximum absolute atomic E-state index is 9.67. The molecule has 0 atom stereocenters. The molecule has 0 fully saturated rings. The van der Waals surface area contributed by atoms with E-state index in [1.165, 1.54) is 0 Å². The topological polar surface area (TPSA) is 66.0 Å². The third-order valence-electron chi connectivity index (χ3n) is 4.40. The van der Waals surface area contributed by atoms with Gasteiger partial charge >= 0.3 is 0 Å². The summed E-state index contributed by atoms with van der Waals surface area (Å²) in [6.07, 6.45) is 1.78. The molecule has 0 saturated heterocycles. The van der Waals surface area contributed by atoms with E-state index in [0.29, 0.717) is 46.4 Å². The highest BCUT2D eigenvalue weighted by atomic mass is 127. The standard InChI is InChI=1S/C25H18ClIN2O2/c1-2-30-24-13-18(11-21(15-29)19-8-5-6-17(10-19)14-28)12-23(27)25(24)31-16-20-7-3-4-9-22(20)26/h3-13H,2,16H2,1H3/b21-11-. The molecule has 4 nitrogen and oxygen atoms in total. The second kappa shape index (κ2) is 10.9. The van der Waals surface area contributed by atoms with E-state index >= 15 is 0 Å². The summed E-state index contributed by atoms with van der Waals surface area (Å²) >= 11 is 8.43. The van der Waals surface area contributed by atoms with Crippen LogP contribution in [0.15, 0.2) is 60.7 Å². The maximum Gasteiger partial charge on any atom is 0.175 e. The Morgan fingerprint density at radius 3 is 2.58 bits per heavy atom. The minimum atomic E-state index is 0.315. The first kappa shape index (κ1) is 22.7. The molecule has 0 radical (unpaired) electrons. The summed E-state index contributed by atoms with van der Waals surface area (Å²) in [5.74, 6) is 1.22. The molecule has 0 amide bonds. The summed E-state index contributed by atoms with van der Waals surface area (Å²) in [6, 6.07) is 22.6. The number of halogens is 2. The zero-order chi connectivity index (χ0) is 22.2. The summed E-state index contributed by atoms with van der Waals surface area (Å²) in [6.45, 7) is 2.69. The van der Waals surface area contributed by atoms with Crippen molar-refractivity contribution in [2.75, 3.05) is 6.61 Å². The first-order valence-electron chi connectivity index (χ1n) is 9.50. The third-order valence-corrected chi connectivity index (χ3v) is 5.57. The van der Waals surface area contributed by atoms with Gasteiger partial charge in [-0.25, -0.2) is 0 Å². The third kappa shape index (κ3) is 5.79. The van der Waals surface area contributed by atoms with E-state index in [-0.39, 0.29) is 0 Å². The van der Waals surface area contributed by atoms with Crippen LogP contribution in [-0.4, -0.2) is 6.61 Å². The quantitative estimate of drug-likeness (QED) is 0.187. The molecule has 31 heavy (non-hydrogen) atoms. The summed E-state index contributed by atoms with van der Waals surface area (Å²) < 4.78 is 12.7. The molecular weight excluding hydrogens is 523 g/mol. The van der Waals surface area contributed by atoms with Gasteiger partial charge in [0, 0.05) is 10.6 Å². The van der Waals surface area contributed by atoms with Gasteiger partial charge in [0.05, 0.1) is 33.5 Å². The largest absolute Gasteiger partial charge is 0.490 e. The van der Waals surface area contributed by atoms with Crippen molar-refractivity contribution < 1.29 is 9.47 Å². The molecule has 3 rings (SSSR count). The Morgan fingerprint density at radius 2 is 1.87 bits per heavy atom. The Balaban J connectivity index is 1.95. The Morgan fingerprint density at radius 1 is 1.06 bits per heavy atom. The zero-order valence-corrected chi connectivity index (χ0v) is 19.6. The van der Waals surface area contributed by atoms with Crippen LogP contribution in [0.4, 0.5) is 0 Å². The van der Waals surface area contributed by atoms with Crippen LogP contribution in [0.25, 0.3) is 11.6 Å². The Labute approximate surface area is 200 Å². The molecule has 3 aromatic rings. The van der Waals surface area contributed by atoms with E-state index in [2.05, 4.69) is 34.7 Å². The molecule has 0 N–H and O–H groups in total. The molecule has 0 aliphatic heterocycles. The molecule has 0 heterocycles. The van der Waals surface area contributed by atoms with Crippen LogP contribution in [0, 0.1) is 26.2 Å². The van der Waals surface area contributed by atoms with E-state index in [4.69, 9.17) is 26.3 Å². The highest BCUT2D eigenvalue weighted by Crippen LogP contribution is 2.36. The average Bonchev–Trinajstić information content (AvgIpc) is 2.78. The minimum absolute atomic E-state index is 0.315. The van der Waals surface area contributed by atoms with Gasteiger partial charge in [-0.05, 0) is 77.0 Å². The van der Waals surface area contributed by atoms with Crippen LogP contribution in [0.3, 0.4) is 0 Å². The fourth-order valence-electron chi connectivity index (χ4n) is 2.94. The fourth-order valence-corrected chi connectivity index (χ4v) is 3.91. The molecule has 0 unspecified atom stereocenters. The monoisotopic (exact) mass is 540 g/mol. The van der Waals surface area contributed by atoms with Crippen LogP contribution >= 0.6 is 34.2 Å². The highest BCUT2D eigenvalue weighted by Gasteiger charge is 2.14. The van der Waals surface area contributed by atoms with Gasteiger partial charge in [0.1, 0.15) is 6.61 Å². The molecule has 0 aliphatic rings. The second-order valence-electron chi connectivity index (χ2n) is 6.51. The lowest BCUT2D eigenvalue weighted by atomic mass is 10.0. The van der Waals surface area contributed by atoms with Gasteiger partial charge in [-0.1, -0.05) is 41.9 Å². The molecule has 0 spiro atoms. The minimum Gasteiger partial charge on any atom is -0.490 e. The van der Waals surface area contributed by atoms with Crippen molar-refractivity contribution in [2.45, 2.75) is 13.5 Å². The molecule has 0 aromatic heterocycles. The zero-order valence-electron chi connectivity index (χ0n) is 16.7. The normalized spacial score (nSPS) is 10.8. The number of benzene rings is 3. The molecule has 0 aliphatic carbocycles. The van der Waals surface area contributed by atoms with Gasteiger partial charge in [0.25, 0.3) is 0 Å². The number of ether oxygens (including phenoxy) is 2. The van der Waals surface area contributed by atoms with E-state index in [1.54, 1.807) is 24.3 Å². The van der Waals surface area contributed by atoms with Crippen molar-refractivity contribution >= 4 is 45.8 Å². The van der Waals surface area contributed by atoms with Crippen molar-refractivity contribution in [3.05, 3.63) is 91.5 Å². The SMILES string of the molecule is CCOc1cc(/C=C(/C#N)c2cccc(C#N)c2)cc(I)c1OCc1ccccc1Cl. The number of nitrogens with zero attached hydrogens (tertiary/aromatic N) is 2. The summed E-state index contributed by atoms with van der Waals surface area (Å²) in [5, 5.41) is 19.4. The van der Waals surface area contributed by atoms with Crippen molar-refractivity contribution in [1.29, 1.82) is 10.5 Å². The predicted molar refractivity (Wildman–Crippen MR) is 131 cm³/mol. The van der Waals surface area contributed by atoms with Crippen molar-refractivity contribution in [3.63, 3.8) is 0 Å². The number of hydrogen-bond acceptors (Lipinski definition) is 4. The van der Waals surface area contributed by atoms with E-state index in [9.17, 15) is 5.26 Å². The Bertz CT molecular complexity index is 1210. The molecule has 0 bridgehead atoms. The van der Waals surface area contributed by atoms with E-state index in [1.807, 2.05) is 49.4 Å². The van der Waals surface area contributed by atoms with Gasteiger partial charge in [-0.15, -0.1) is 0 Å². The fraction of sp³-hybridized carbons (Fsp3) is 0.120. The molecule has 3 aromatic carbocycles. The van der Waals surface area contributed by atoms with Crippen LogP contribution in [-0.2, 0) is 6.61 Å². The van der Waals surface area contributed by atoms with Gasteiger partial charge in [-0.3, -0.25) is 0 Å². The Hall–Kier alpha value is -3.00. The van der Waals surface area contributed by atoms with E-state index in [0.717, 1.165) is 14.7 Å².